The number of aromatic nitrogens is 2. The maximum Gasteiger partial charge on any atom is 0.144 e. The summed E-state index contributed by atoms with van der Waals surface area (Å²) in [7, 11) is 1.67. The number of imidazole rings is 1. The summed E-state index contributed by atoms with van der Waals surface area (Å²) in [5, 5.41) is 0. The minimum Gasteiger partial charge on any atom is -0.497 e. The first-order valence-corrected chi connectivity index (χ1v) is 6.53. The second-order valence-corrected chi connectivity index (χ2v) is 4.68. The van der Waals surface area contributed by atoms with Gasteiger partial charge in [0.1, 0.15) is 11.6 Å². The maximum absolute atomic E-state index is 5.19. The van der Waals surface area contributed by atoms with Crippen LogP contribution in [0.15, 0.2) is 60.9 Å². The first-order chi connectivity index (χ1) is 9.78. The van der Waals surface area contributed by atoms with Gasteiger partial charge in [-0.25, -0.2) is 4.98 Å². The highest BCUT2D eigenvalue weighted by Gasteiger charge is 2.07. The first-order valence-electron chi connectivity index (χ1n) is 6.53. The lowest BCUT2D eigenvalue weighted by molar-refractivity contribution is 0.415. The minimum atomic E-state index is 0.849. The average molecular weight is 264 g/mol. The zero-order chi connectivity index (χ0) is 13.9. The zero-order valence-corrected chi connectivity index (χ0v) is 11.6. The SMILES string of the molecule is COc1ccc(-c2nccn2-c2ccc(C)cc2)cc1. The second-order valence-electron chi connectivity index (χ2n) is 4.68. The quantitative estimate of drug-likeness (QED) is 0.718. The summed E-state index contributed by atoms with van der Waals surface area (Å²) in [6.45, 7) is 2.09. The number of methoxy groups -OCH3 is 1. The molecule has 3 rings (SSSR count). The van der Waals surface area contributed by atoms with Gasteiger partial charge in [-0.2, -0.15) is 0 Å². The lowest BCUT2D eigenvalue weighted by Gasteiger charge is -2.09. The number of hydrogen-bond acceptors (Lipinski definition) is 2. The molecule has 0 N–H and O–H groups in total. The van der Waals surface area contributed by atoms with E-state index in [1.165, 1.54) is 5.56 Å². The molecule has 0 bridgehead atoms. The van der Waals surface area contributed by atoms with Crippen molar-refractivity contribution in [3.63, 3.8) is 0 Å². The third kappa shape index (κ3) is 2.30. The van der Waals surface area contributed by atoms with Gasteiger partial charge >= 0.3 is 0 Å². The summed E-state index contributed by atoms with van der Waals surface area (Å²) in [5.41, 5.74) is 3.43. The Balaban J connectivity index is 2.02. The van der Waals surface area contributed by atoms with Crippen molar-refractivity contribution in [3.8, 4) is 22.8 Å². The average Bonchev–Trinajstić information content (AvgIpc) is 2.97. The number of hydrogen-bond donors (Lipinski definition) is 0. The standard InChI is InChI=1S/C17H16N2O/c1-13-3-7-15(8-4-13)19-12-11-18-17(19)14-5-9-16(20-2)10-6-14/h3-12H,1-2H3. The van der Waals surface area contributed by atoms with E-state index in [0.717, 1.165) is 22.8 Å². The molecular formula is C17H16N2O. The maximum atomic E-state index is 5.19. The predicted octanol–water partition coefficient (Wildman–Crippen LogP) is 3.86. The summed E-state index contributed by atoms with van der Waals surface area (Å²) in [5.74, 6) is 1.78. The fraction of sp³-hybridized carbons (Fsp3) is 0.118. The zero-order valence-electron chi connectivity index (χ0n) is 11.6. The largest absolute Gasteiger partial charge is 0.497 e. The fourth-order valence-electron chi connectivity index (χ4n) is 2.17. The van der Waals surface area contributed by atoms with E-state index in [9.17, 15) is 0 Å². The molecule has 0 spiro atoms. The highest BCUT2D eigenvalue weighted by molar-refractivity contribution is 5.59. The molecule has 0 unspecified atom stereocenters. The van der Waals surface area contributed by atoms with Crippen LogP contribution in [0.5, 0.6) is 5.75 Å². The van der Waals surface area contributed by atoms with Crippen LogP contribution in [0.25, 0.3) is 17.1 Å². The number of nitrogens with zero attached hydrogens (tertiary/aromatic N) is 2. The molecule has 3 aromatic rings. The van der Waals surface area contributed by atoms with Crippen molar-refractivity contribution in [1.82, 2.24) is 9.55 Å². The van der Waals surface area contributed by atoms with Crippen molar-refractivity contribution in [1.29, 1.82) is 0 Å². The fourth-order valence-corrected chi connectivity index (χ4v) is 2.17. The molecule has 3 nitrogen and oxygen atoms in total. The smallest absolute Gasteiger partial charge is 0.144 e. The van der Waals surface area contributed by atoms with Gasteiger partial charge < -0.3 is 4.74 Å². The van der Waals surface area contributed by atoms with Crippen molar-refractivity contribution in [2.24, 2.45) is 0 Å². The van der Waals surface area contributed by atoms with Crippen molar-refractivity contribution in [2.45, 2.75) is 6.92 Å². The minimum absolute atomic E-state index is 0.849. The summed E-state index contributed by atoms with van der Waals surface area (Å²) in [6.07, 6.45) is 3.80. The predicted molar refractivity (Wildman–Crippen MR) is 80.3 cm³/mol. The third-order valence-electron chi connectivity index (χ3n) is 3.30. The summed E-state index contributed by atoms with van der Waals surface area (Å²) < 4.78 is 7.27. The van der Waals surface area contributed by atoms with Crippen LogP contribution in [0.2, 0.25) is 0 Å². The molecule has 0 radical (unpaired) electrons. The molecule has 3 heteroatoms. The number of ether oxygens (including phenoxy) is 1. The van der Waals surface area contributed by atoms with E-state index in [0.29, 0.717) is 0 Å². The molecule has 0 saturated carbocycles. The Morgan fingerprint density at radius 1 is 0.950 bits per heavy atom. The van der Waals surface area contributed by atoms with E-state index < -0.39 is 0 Å². The number of aryl methyl sites for hydroxylation is 1. The normalized spacial score (nSPS) is 10.5. The van der Waals surface area contributed by atoms with Gasteiger partial charge in [-0.15, -0.1) is 0 Å². The van der Waals surface area contributed by atoms with Crippen LogP contribution in [0, 0.1) is 6.92 Å². The van der Waals surface area contributed by atoms with E-state index in [1.54, 1.807) is 7.11 Å². The number of rotatable bonds is 3. The van der Waals surface area contributed by atoms with Gasteiger partial charge in [-0.1, -0.05) is 17.7 Å². The highest BCUT2D eigenvalue weighted by Crippen LogP contribution is 2.23. The molecule has 20 heavy (non-hydrogen) atoms. The Labute approximate surface area is 118 Å². The van der Waals surface area contributed by atoms with E-state index >= 15 is 0 Å². The van der Waals surface area contributed by atoms with Crippen LogP contribution in [-0.4, -0.2) is 16.7 Å². The molecule has 0 aliphatic carbocycles. The number of benzene rings is 2. The highest BCUT2D eigenvalue weighted by atomic mass is 16.5. The van der Waals surface area contributed by atoms with E-state index in [2.05, 4.69) is 40.7 Å². The Kier molecular flexibility index (Phi) is 3.25. The molecule has 0 atom stereocenters. The molecule has 100 valence electrons. The molecule has 0 aliphatic rings. The van der Waals surface area contributed by atoms with Gasteiger partial charge in [0.25, 0.3) is 0 Å². The Bertz CT molecular complexity index is 697. The Hall–Kier alpha value is -2.55. The van der Waals surface area contributed by atoms with Crippen molar-refractivity contribution in [3.05, 3.63) is 66.5 Å². The molecule has 0 aliphatic heterocycles. The van der Waals surface area contributed by atoms with Crippen LogP contribution in [0.3, 0.4) is 0 Å². The summed E-state index contributed by atoms with van der Waals surface area (Å²) in [6, 6.07) is 16.3. The lowest BCUT2D eigenvalue weighted by atomic mass is 10.2. The van der Waals surface area contributed by atoms with Crippen molar-refractivity contribution < 1.29 is 4.74 Å². The monoisotopic (exact) mass is 264 g/mol. The van der Waals surface area contributed by atoms with E-state index in [1.807, 2.05) is 36.7 Å². The van der Waals surface area contributed by atoms with Crippen molar-refractivity contribution in [2.75, 3.05) is 7.11 Å². The Morgan fingerprint density at radius 2 is 1.65 bits per heavy atom. The molecule has 0 saturated heterocycles. The molecular weight excluding hydrogens is 248 g/mol. The lowest BCUT2D eigenvalue weighted by Crippen LogP contribution is -1.96. The van der Waals surface area contributed by atoms with Crippen LogP contribution < -0.4 is 4.74 Å². The van der Waals surface area contributed by atoms with Crippen LogP contribution in [0.4, 0.5) is 0 Å². The molecule has 1 aromatic heterocycles. The molecule has 0 amide bonds. The van der Waals surface area contributed by atoms with Crippen molar-refractivity contribution >= 4 is 0 Å². The summed E-state index contributed by atoms with van der Waals surface area (Å²) >= 11 is 0. The van der Waals surface area contributed by atoms with Crippen LogP contribution in [-0.2, 0) is 0 Å². The summed E-state index contributed by atoms with van der Waals surface area (Å²) in [4.78, 5) is 4.46. The first kappa shape index (κ1) is 12.5. The molecule has 0 fully saturated rings. The Morgan fingerprint density at radius 3 is 2.30 bits per heavy atom. The van der Waals surface area contributed by atoms with Gasteiger partial charge in [0.05, 0.1) is 7.11 Å². The van der Waals surface area contributed by atoms with Crippen LogP contribution in [0.1, 0.15) is 5.56 Å². The second kappa shape index (κ2) is 5.21. The molecule has 2 aromatic carbocycles. The third-order valence-corrected chi connectivity index (χ3v) is 3.30. The van der Waals surface area contributed by atoms with Gasteiger partial charge in [0.2, 0.25) is 0 Å². The van der Waals surface area contributed by atoms with E-state index in [-0.39, 0.29) is 0 Å². The van der Waals surface area contributed by atoms with Gasteiger partial charge in [-0.3, -0.25) is 4.57 Å². The van der Waals surface area contributed by atoms with Gasteiger partial charge in [0, 0.05) is 23.6 Å². The molecule has 1 heterocycles. The van der Waals surface area contributed by atoms with Gasteiger partial charge in [0.15, 0.2) is 0 Å². The van der Waals surface area contributed by atoms with E-state index in [4.69, 9.17) is 4.74 Å². The topological polar surface area (TPSA) is 27.1 Å². The van der Waals surface area contributed by atoms with Gasteiger partial charge in [-0.05, 0) is 43.3 Å². The van der Waals surface area contributed by atoms with Crippen LogP contribution >= 0.6 is 0 Å².